The Kier molecular flexibility index (Phi) is 7.71. The maximum atomic E-state index is 13.5. The van der Waals surface area contributed by atoms with E-state index >= 15 is 0 Å². The van der Waals surface area contributed by atoms with Crippen molar-refractivity contribution in [3.63, 3.8) is 0 Å². The number of rotatable bonds is 6. The van der Waals surface area contributed by atoms with E-state index in [2.05, 4.69) is 22.0 Å². The Bertz CT molecular complexity index is 806. The second kappa shape index (κ2) is 9.50. The first-order valence-corrected chi connectivity index (χ1v) is 8.38. The van der Waals surface area contributed by atoms with Crippen LogP contribution < -0.4 is 5.32 Å². The number of hydrogen-bond acceptors (Lipinski definition) is 4. The number of nitrogens with one attached hydrogen (secondary N) is 1. The van der Waals surface area contributed by atoms with Crippen LogP contribution in [0.25, 0.3) is 12.2 Å². The lowest BCUT2D eigenvalue weighted by molar-refractivity contribution is 0.0698. The molecule has 2 aromatic rings. The first-order chi connectivity index (χ1) is 12.3. The molecule has 0 saturated heterocycles. The van der Waals surface area contributed by atoms with E-state index in [9.17, 15) is 14.3 Å². The zero-order valence-corrected chi connectivity index (χ0v) is 15.7. The van der Waals surface area contributed by atoms with Gasteiger partial charge in [0.15, 0.2) is 5.82 Å². The highest BCUT2D eigenvalue weighted by atomic mass is 19.1. The van der Waals surface area contributed by atoms with Gasteiger partial charge in [-0.2, -0.15) is 5.10 Å². The van der Waals surface area contributed by atoms with Gasteiger partial charge in [0.05, 0.1) is 29.0 Å². The second-order valence-corrected chi connectivity index (χ2v) is 5.47. The number of carboxylic acids is 1. The molecule has 0 aliphatic carbocycles. The summed E-state index contributed by atoms with van der Waals surface area (Å²) in [7, 11) is 0. The van der Waals surface area contributed by atoms with Gasteiger partial charge in [-0.05, 0) is 39.0 Å². The number of aromatic nitrogens is 3. The molecule has 0 radical (unpaired) electrons. The van der Waals surface area contributed by atoms with Gasteiger partial charge in [0.1, 0.15) is 0 Å². The third-order valence-electron chi connectivity index (χ3n) is 3.32. The summed E-state index contributed by atoms with van der Waals surface area (Å²) in [5, 5.41) is 16.6. The average molecular weight is 360 g/mol. The van der Waals surface area contributed by atoms with Gasteiger partial charge in [-0.1, -0.05) is 20.4 Å². The molecule has 0 bridgehead atoms. The van der Waals surface area contributed by atoms with E-state index in [0.717, 1.165) is 0 Å². The molecule has 140 valence electrons. The van der Waals surface area contributed by atoms with Crippen LogP contribution in [-0.2, 0) is 0 Å². The van der Waals surface area contributed by atoms with E-state index < -0.39 is 11.8 Å². The molecule has 0 saturated carbocycles. The Morgan fingerprint density at radius 1 is 1.42 bits per heavy atom. The predicted molar refractivity (Wildman–Crippen MR) is 103 cm³/mol. The molecule has 26 heavy (non-hydrogen) atoms. The van der Waals surface area contributed by atoms with Crippen molar-refractivity contribution in [2.75, 3.05) is 5.32 Å². The van der Waals surface area contributed by atoms with Gasteiger partial charge in [0.2, 0.25) is 0 Å². The maximum absolute atomic E-state index is 13.5. The van der Waals surface area contributed by atoms with Crippen LogP contribution in [0, 0.1) is 0 Å². The normalized spacial score (nSPS) is 11.0. The van der Waals surface area contributed by atoms with Crippen molar-refractivity contribution < 1.29 is 14.3 Å². The fourth-order valence-corrected chi connectivity index (χ4v) is 2.30. The fourth-order valence-electron chi connectivity index (χ4n) is 2.30. The van der Waals surface area contributed by atoms with Crippen LogP contribution in [0.15, 0.2) is 30.9 Å². The average Bonchev–Trinajstić information content (AvgIpc) is 2.94. The molecule has 2 aromatic heterocycles. The largest absolute Gasteiger partial charge is 0.478 e. The molecule has 0 spiro atoms. The van der Waals surface area contributed by atoms with Crippen molar-refractivity contribution in [2.24, 2.45) is 0 Å². The van der Waals surface area contributed by atoms with Crippen molar-refractivity contribution in [2.45, 2.75) is 40.7 Å². The fraction of sp³-hybridized carbons (Fsp3) is 0.316. The number of carbonyl (C=O) groups is 1. The van der Waals surface area contributed by atoms with Crippen molar-refractivity contribution in [3.8, 4) is 0 Å². The van der Waals surface area contributed by atoms with Gasteiger partial charge in [0.25, 0.3) is 0 Å². The Labute approximate surface area is 153 Å². The standard InChI is InChI=1S/C17H19FN4O2.C2H6/c1-5-15-13(8-11(4)18)16(21-22(15)10(2)3)20-14-9-19-7-6-12(14)17(23)24;1-2/h5-10H,1H2,2-4H3,(H,20,21)(H,23,24);1-2H3/b11-8+;. The topological polar surface area (TPSA) is 80.0 Å². The lowest BCUT2D eigenvalue weighted by atomic mass is 10.1. The predicted octanol–water partition coefficient (Wildman–Crippen LogP) is 5.30. The zero-order chi connectivity index (χ0) is 19.9. The Morgan fingerprint density at radius 2 is 2.08 bits per heavy atom. The molecule has 0 unspecified atom stereocenters. The minimum atomic E-state index is -1.09. The molecule has 0 aliphatic heterocycles. The van der Waals surface area contributed by atoms with E-state index in [0.29, 0.717) is 17.1 Å². The van der Waals surface area contributed by atoms with Crippen molar-refractivity contribution >= 4 is 29.6 Å². The number of anilines is 2. The van der Waals surface area contributed by atoms with Crippen LogP contribution in [0.2, 0.25) is 0 Å². The van der Waals surface area contributed by atoms with Crippen LogP contribution >= 0.6 is 0 Å². The highest BCUT2D eigenvalue weighted by Crippen LogP contribution is 2.29. The summed E-state index contributed by atoms with van der Waals surface area (Å²) in [5.74, 6) is -1.15. The van der Waals surface area contributed by atoms with Gasteiger partial charge >= 0.3 is 5.97 Å². The van der Waals surface area contributed by atoms with Crippen LogP contribution in [0.3, 0.4) is 0 Å². The van der Waals surface area contributed by atoms with Gasteiger partial charge in [-0.3, -0.25) is 9.67 Å². The third kappa shape index (κ3) is 4.78. The number of pyridine rings is 1. The molecule has 2 N–H and O–H groups in total. The molecule has 0 fully saturated rings. The van der Waals surface area contributed by atoms with Gasteiger partial charge in [-0.15, -0.1) is 0 Å². The molecular formula is C19H25FN4O2. The third-order valence-corrected chi connectivity index (χ3v) is 3.32. The lowest BCUT2D eigenvalue weighted by Crippen LogP contribution is -2.06. The Hall–Kier alpha value is -2.96. The van der Waals surface area contributed by atoms with E-state index in [4.69, 9.17) is 0 Å². The monoisotopic (exact) mass is 360 g/mol. The Balaban J connectivity index is 0.00000163. The summed E-state index contributed by atoms with van der Waals surface area (Å²) >= 11 is 0. The molecular weight excluding hydrogens is 335 g/mol. The van der Waals surface area contributed by atoms with E-state index in [1.807, 2.05) is 27.7 Å². The van der Waals surface area contributed by atoms with Crippen molar-refractivity contribution in [1.29, 1.82) is 0 Å². The maximum Gasteiger partial charge on any atom is 0.337 e. The van der Waals surface area contributed by atoms with Crippen molar-refractivity contribution in [1.82, 2.24) is 14.8 Å². The summed E-state index contributed by atoms with van der Waals surface area (Å²) in [4.78, 5) is 15.3. The van der Waals surface area contributed by atoms with Gasteiger partial charge in [0, 0.05) is 17.8 Å². The first kappa shape index (κ1) is 21.1. The van der Waals surface area contributed by atoms with Crippen molar-refractivity contribution in [3.05, 3.63) is 47.7 Å². The highest BCUT2D eigenvalue weighted by Gasteiger charge is 2.18. The molecule has 0 aromatic carbocycles. The first-order valence-electron chi connectivity index (χ1n) is 8.38. The minimum absolute atomic E-state index is 0.0217. The number of halogens is 1. The quantitative estimate of drug-likeness (QED) is 0.730. The second-order valence-electron chi connectivity index (χ2n) is 5.47. The van der Waals surface area contributed by atoms with Crippen LogP contribution in [0.1, 0.15) is 62.3 Å². The lowest BCUT2D eigenvalue weighted by Gasteiger charge is -2.08. The Morgan fingerprint density at radius 3 is 2.58 bits per heavy atom. The summed E-state index contributed by atoms with van der Waals surface area (Å²) in [6.07, 6.45) is 5.71. The molecule has 0 amide bonds. The summed E-state index contributed by atoms with van der Waals surface area (Å²) in [5.41, 5.74) is 1.47. The summed E-state index contributed by atoms with van der Waals surface area (Å²) in [6, 6.07) is 1.41. The zero-order valence-electron chi connectivity index (χ0n) is 15.7. The minimum Gasteiger partial charge on any atom is -0.478 e. The van der Waals surface area contributed by atoms with Crippen LogP contribution in [-0.4, -0.2) is 25.8 Å². The number of nitrogens with zero attached hydrogens (tertiary/aromatic N) is 3. The molecule has 6 nitrogen and oxygen atoms in total. The molecule has 0 atom stereocenters. The van der Waals surface area contributed by atoms with Gasteiger partial charge < -0.3 is 10.4 Å². The number of hydrogen-bond donors (Lipinski definition) is 2. The van der Waals surface area contributed by atoms with Crippen LogP contribution in [0.4, 0.5) is 15.9 Å². The SMILES string of the molecule is C=Cc1c(/C=C(\C)F)c(Nc2cnccc2C(=O)O)nn1C(C)C.CC. The smallest absolute Gasteiger partial charge is 0.337 e. The number of aromatic carboxylic acids is 1. The summed E-state index contributed by atoms with van der Waals surface area (Å²) in [6.45, 7) is 13.0. The summed E-state index contributed by atoms with van der Waals surface area (Å²) < 4.78 is 15.2. The molecule has 2 heterocycles. The number of carboxylic acid groups (broad SMARTS) is 1. The molecule has 2 rings (SSSR count). The van der Waals surface area contributed by atoms with E-state index in [-0.39, 0.29) is 17.3 Å². The molecule has 0 aliphatic rings. The van der Waals surface area contributed by atoms with Gasteiger partial charge in [-0.25, -0.2) is 9.18 Å². The highest BCUT2D eigenvalue weighted by molar-refractivity contribution is 5.95. The number of allylic oxidation sites excluding steroid dienone is 1. The van der Waals surface area contributed by atoms with E-state index in [1.165, 1.54) is 31.5 Å². The van der Waals surface area contributed by atoms with Crippen LogP contribution in [0.5, 0.6) is 0 Å². The molecule has 7 heteroatoms. The van der Waals surface area contributed by atoms with E-state index in [1.54, 1.807) is 10.8 Å².